The molecule has 0 saturated carbocycles. The number of nitrogens with zero attached hydrogens (tertiary/aromatic N) is 1. The molecule has 23 heavy (non-hydrogen) atoms. The first-order valence-corrected chi connectivity index (χ1v) is 7.34. The molecule has 1 aromatic rings. The molecule has 126 valence electrons. The van der Waals surface area contributed by atoms with Crippen LogP contribution in [-0.2, 0) is 14.3 Å². The number of methoxy groups -OCH3 is 1. The van der Waals surface area contributed by atoms with Crippen molar-refractivity contribution in [1.82, 2.24) is 4.90 Å². The van der Waals surface area contributed by atoms with Crippen molar-refractivity contribution in [2.75, 3.05) is 33.4 Å². The van der Waals surface area contributed by atoms with Crippen LogP contribution in [0.4, 0.5) is 4.39 Å². The van der Waals surface area contributed by atoms with Crippen LogP contribution in [-0.4, -0.2) is 55.3 Å². The van der Waals surface area contributed by atoms with Gasteiger partial charge in [-0.15, -0.1) is 0 Å². The zero-order valence-electron chi connectivity index (χ0n) is 12.6. The maximum absolute atomic E-state index is 12.9. The number of carboxylic acid groups (broad SMARTS) is 1. The Morgan fingerprint density at radius 1 is 1.48 bits per heavy atom. The highest BCUT2D eigenvalue weighted by molar-refractivity contribution is 6.32. The topological polar surface area (TPSA) is 76.1 Å². The quantitative estimate of drug-likeness (QED) is 0.851. The van der Waals surface area contributed by atoms with Crippen molar-refractivity contribution in [3.05, 3.63) is 29.0 Å². The summed E-state index contributed by atoms with van der Waals surface area (Å²) in [5.74, 6) is -1.65. The van der Waals surface area contributed by atoms with Crippen LogP contribution in [0.5, 0.6) is 5.75 Å². The van der Waals surface area contributed by atoms with Crippen LogP contribution in [0.3, 0.4) is 0 Å². The fraction of sp³-hybridized carbons (Fsp3) is 0.467. The SMILES string of the molecule is COCC1(C(=O)O)CCN(C(=O)COc2ccc(F)cc2Cl)C1. The zero-order chi connectivity index (χ0) is 17.0. The van der Waals surface area contributed by atoms with Crippen LogP contribution < -0.4 is 4.74 Å². The van der Waals surface area contributed by atoms with Crippen LogP contribution in [0.2, 0.25) is 5.02 Å². The van der Waals surface area contributed by atoms with Crippen molar-refractivity contribution in [3.8, 4) is 5.75 Å². The lowest BCUT2D eigenvalue weighted by atomic mass is 9.88. The van der Waals surface area contributed by atoms with Gasteiger partial charge in [-0.05, 0) is 24.6 Å². The molecule has 1 amide bonds. The average molecular weight is 346 g/mol. The summed E-state index contributed by atoms with van der Waals surface area (Å²) in [5.41, 5.74) is -1.09. The standard InChI is InChI=1S/C15H17ClFNO5/c1-22-9-15(14(20)21)4-5-18(8-15)13(19)7-23-12-3-2-10(17)6-11(12)16/h2-3,6H,4-5,7-9H2,1H3,(H,20,21). The Balaban J connectivity index is 1.95. The van der Waals surface area contributed by atoms with Gasteiger partial charge in [0.2, 0.25) is 0 Å². The molecule has 0 aliphatic carbocycles. The molecule has 2 rings (SSSR count). The first-order valence-electron chi connectivity index (χ1n) is 6.96. The van der Waals surface area contributed by atoms with Gasteiger partial charge >= 0.3 is 5.97 Å². The average Bonchev–Trinajstić information content (AvgIpc) is 2.92. The minimum atomic E-state index is -1.09. The largest absolute Gasteiger partial charge is 0.482 e. The summed E-state index contributed by atoms with van der Waals surface area (Å²) < 4.78 is 23.2. The molecule has 1 aliphatic rings. The van der Waals surface area contributed by atoms with E-state index < -0.39 is 17.2 Å². The Kier molecular flexibility index (Phi) is 5.43. The number of carbonyl (C=O) groups is 2. The summed E-state index contributed by atoms with van der Waals surface area (Å²) in [6, 6.07) is 3.60. The van der Waals surface area contributed by atoms with E-state index in [2.05, 4.69) is 0 Å². The lowest BCUT2D eigenvalue weighted by Gasteiger charge is -2.23. The number of amides is 1. The van der Waals surface area contributed by atoms with Crippen molar-refractivity contribution >= 4 is 23.5 Å². The van der Waals surface area contributed by atoms with Gasteiger partial charge in [0.1, 0.15) is 17.0 Å². The van der Waals surface area contributed by atoms with Crippen LogP contribution in [0.25, 0.3) is 0 Å². The third-order valence-corrected chi connectivity index (χ3v) is 4.12. The zero-order valence-corrected chi connectivity index (χ0v) is 13.3. The first-order chi connectivity index (χ1) is 10.9. The molecule has 1 N–H and O–H groups in total. The van der Waals surface area contributed by atoms with Gasteiger partial charge in [-0.1, -0.05) is 11.6 Å². The molecule has 1 saturated heterocycles. The minimum Gasteiger partial charge on any atom is -0.482 e. The molecule has 1 fully saturated rings. The van der Waals surface area contributed by atoms with Crippen LogP contribution in [0.1, 0.15) is 6.42 Å². The predicted octanol–water partition coefficient (Wildman–Crippen LogP) is 1.81. The molecule has 1 unspecified atom stereocenters. The van der Waals surface area contributed by atoms with Gasteiger partial charge in [-0.3, -0.25) is 9.59 Å². The fourth-order valence-corrected chi connectivity index (χ4v) is 2.76. The Labute approximate surface area is 137 Å². The van der Waals surface area contributed by atoms with Gasteiger partial charge in [0, 0.05) is 20.2 Å². The second-order valence-electron chi connectivity index (χ2n) is 5.45. The van der Waals surface area contributed by atoms with Gasteiger partial charge < -0.3 is 19.5 Å². The van der Waals surface area contributed by atoms with Gasteiger partial charge in [0.25, 0.3) is 5.91 Å². The van der Waals surface area contributed by atoms with E-state index >= 15 is 0 Å². The predicted molar refractivity (Wildman–Crippen MR) is 80.0 cm³/mol. The number of carbonyl (C=O) groups excluding carboxylic acids is 1. The first kappa shape index (κ1) is 17.5. The summed E-state index contributed by atoms with van der Waals surface area (Å²) >= 11 is 5.82. The van der Waals surface area contributed by atoms with E-state index in [4.69, 9.17) is 21.1 Å². The Bertz CT molecular complexity index is 612. The summed E-state index contributed by atoms with van der Waals surface area (Å²) in [6.45, 7) is 0.120. The van der Waals surface area contributed by atoms with E-state index in [1.54, 1.807) is 0 Å². The number of likely N-dealkylation sites (tertiary alicyclic amines) is 1. The van der Waals surface area contributed by atoms with E-state index in [-0.39, 0.29) is 36.4 Å². The maximum atomic E-state index is 12.9. The van der Waals surface area contributed by atoms with Crippen molar-refractivity contribution in [2.24, 2.45) is 5.41 Å². The number of carboxylic acids is 1. The van der Waals surface area contributed by atoms with E-state index in [0.717, 1.165) is 6.07 Å². The molecule has 1 aliphatic heterocycles. The van der Waals surface area contributed by atoms with Gasteiger partial charge in [0.15, 0.2) is 6.61 Å². The number of rotatable bonds is 6. The van der Waals surface area contributed by atoms with E-state index in [9.17, 15) is 19.1 Å². The Morgan fingerprint density at radius 2 is 2.22 bits per heavy atom. The molecule has 0 bridgehead atoms. The summed E-state index contributed by atoms with van der Waals surface area (Å²) in [7, 11) is 1.43. The third kappa shape index (κ3) is 3.92. The molecule has 0 aromatic heterocycles. The molecule has 8 heteroatoms. The van der Waals surface area contributed by atoms with Crippen molar-refractivity contribution in [2.45, 2.75) is 6.42 Å². The second kappa shape index (κ2) is 7.14. The minimum absolute atomic E-state index is 0.0385. The van der Waals surface area contributed by atoms with Crippen molar-refractivity contribution in [3.63, 3.8) is 0 Å². The highest BCUT2D eigenvalue weighted by Gasteiger charge is 2.46. The van der Waals surface area contributed by atoms with E-state index in [0.29, 0.717) is 13.0 Å². The monoisotopic (exact) mass is 345 g/mol. The molecule has 1 atom stereocenters. The molecule has 0 radical (unpaired) electrons. The molecule has 6 nitrogen and oxygen atoms in total. The number of ether oxygens (including phenoxy) is 2. The van der Waals surface area contributed by atoms with E-state index in [1.807, 2.05) is 0 Å². The molecule has 1 aromatic carbocycles. The summed E-state index contributed by atoms with van der Waals surface area (Å²) in [4.78, 5) is 25.0. The number of aliphatic carboxylic acids is 1. The Hall–Kier alpha value is -1.86. The lowest BCUT2D eigenvalue weighted by molar-refractivity contribution is -0.151. The molecular formula is C15H17ClFNO5. The van der Waals surface area contributed by atoms with Gasteiger partial charge in [-0.2, -0.15) is 0 Å². The smallest absolute Gasteiger partial charge is 0.313 e. The summed E-state index contributed by atoms with van der Waals surface area (Å²) in [5, 5.41) is 9.43. The lowest BCUT2D eigenvalue weighted by Crippen LogP contribution is -2.41. The fourth-order valence-electron chi connectivity index (χ4n) is 2.54. The second-order valence-corrected chi connectivity index (χ2v) is 5.85. The molecule has 1 heterocycles. The van der Waals surface area contributed by atoms with Crippen molar-refractivity contribution < 1.29 is 28.6 Å². The van der Waals surface area contributed by atoms with Gasteiger partial charge in [0.05, 0.1) is 11.6 Å². The Morgan fingerprint density at radius 3 is 2.83 bits per heavy atom. The maximum Gasteiger partial charge on any atom is 0.313 e. The molecule has 0 spiro atoms. The highest BCUT2D eigenvalue weighted by atomic mass is 35.5. The van der Waals surface area contributed by atoms with E-state index in [1.165, 1.54) is 24.1 Å². The van der Waals surface area contributed by atoms with Crippen molar-refractivity contribution in [1.29, 1.82) is 0 Å². The summed E-state index contributed by atoms with van der Waals surface area (Å²) in [6.07, 6.45) is 0.319. The highest BCUT2D eigenvalue weighted by Crippen LogP contribution is 2.31. The van der Waals surface area contributed by atoms with Crippen LogP contribution in [0, 0.1) is 11.2 Å². The third-order valence-electron chi connectivity index (χ3n) is 3.83. The molecular weight excluding hydrogens is 329 g/mol. The van der Waals surface area contributed by atoms with Crippen LogP contribution in [0.15, 0.2) is 18.2 Å². The number of hydrogen-bond donors (Lipinski definition) is 1. The number of halogens is 2. The van der Waals surface area contributed by atoms with Crippen LogP contribution >= 0.6 is 11.6 Å². The number of hydrogen-bond acceptors (Lipinski definition) is 4. The normalized spacial score (nSPS) is 20.6. The number of benzene rings is 1. The van der Waals surface area contributed by atoms with Gasteiger partial charge in [-0.25, -0.2) is 4.39 Å².